The lowest BCUT2D eigenvalue weighted by molar-refractivity contribution is 0.0946. The number of nitrogens with zero attached hydrogens (tertiary/aromatic N) is 4. The van der Waals surface area contributed by atoms with Crippen molar-refractivity contribution in [2.75, 3.05) is 57.4 Å². The summed E-state index contributed by atoms with van der Waals surface area (Å²) in [7, 11) is 0. The van der Waals surface area contributed by atoms with Crippen LogP contribution in [0, 0.1) is 6.92 Å². The third kappa shape index (κ3) is 5.93. The van der Waals surface area contributed by atoms with Gasteiger partial charge in [-0.15, -0.1) is 0 Å². The van der Waals surface area contributed by atoms with Crippen molar-refractivity contribution in [2.45, 2.75) is 13.3 Å². The molecule has 218 valence electrons. The number of carbonyl (C=O) groups excluding carboxylic acids is 1. The molecule has 2 aliphatic rings. The molecule has 1 fully saturated rings. The van der Waals surface area contributed by atoms with Crippen LogP contribution in [-0.2, 0) is 0 Å². The number of amides is 1. The molecule has 0 bridgehead atoms. The van der Waals surface area contributed by atoms with Crippen LogP contribution in [0.15, 0.2) is 66.7 Å². The smallest absolute Gasteiger partial charge is 0.271 e. The summed E-state index contributed by atoms with van der Waals surface area (Å²) >= 11 is 12.6. The van der Waals surface area contributed by atoms with Gasteiger partial charge in [0.1, 0.15) is 24.7 Å². The number of ether oxygens (including phenoxy) is 2. The van der Waals surface area contributed by atoms with Gasteiger partial charge in [0, 0.05) is 44.4 Å². The van der Waals surface area contributed by atoms with E-state index in [-0.39, 0.29) is 5.91 Å². The minimum absolute atomic E-state index is 0.179. The van der Waals surface area contributed by atoms with Crippen LogP contribution in [0.4, 0.5) is 5.69 Å². The summed E-state index contributed by atoms with van der Waals surface area (Å²) < 4.78 is 13.5. The highest BCUT2D eigenvalue weighted by molar-refractivity contribution is 6.43. The fraction of sp³-hybridized carbons (Fsp3) is 0.312. The molecule has 0 saturated carbocycles. The number of anilines is 1. The molecule has 8 nitrogen and oxygen atoms in total. The largest absolute Gasteiger partial charge is 0.486 e. The molecule has 3 aromatic carbocycles. The second-order valence-corrected chi connectivity index (χ2v) is 11.2. The van der Waals surface area contributed by atoms with Gasteiger partial charge in [0.15, 0.2) is 11.5 Å². The van der Waals surface area contributed by atoms with E-state index >= 15 is 0 Å². The zero-order valence-electron chi connectivity index (χ0n) is 23.5. The van der Waals surface area contributed by atoms with Crippen molar-refractivity contribution >= 4 is 34.8 Å². The maximum Gasteiger partial charge on any atom is 0.271 e. The van der Waals surface area contributed by atoms with Crippen LogP contribution in [0.25, 0.3) is 17.1 Å². The molecular formula is C32H33Cl2N5O3. The van der Waals surface area contributed by atoms with Gasteiger partial charge in [-0.3, -0.25) is 14.3 Å². The van der Waals surface area contributed by atoms with E-state index in [0.717, 1.165) is 67.5 Å². The molecular weight excluding hydrogens is 573 g/mol. The predicted octanol–water partition coefficient (Wildman–Crippen LogP) is 5.87. The summed E-state index contributed by atoms with van der Waals surface area (Å²) in [5.41, 5.74) is 3.94. The Balaban J connectivity index is 1.10. The second-order valence-electron chi connectivity index (χ2n) is 10.4. The highest BCUT2D eigenvalue weighted by Gasteiger charge is 2.24. The normalized spacial score (nSPS) is 15.1. The Kier molecular flexibility index (Phi) is 8.55. The highest BCUT2D eigenvalue weighted by Crippen LogP contribution is 2.35. The minimum Gasteiger partial charge on any atom is -0.486 e. The Morgan fingerprint density at radius 2 is 1.69 bits per heavy atom. The molecule has 42 heavy (non-hydrogen) atoms. The van der Waals surface area contributed by atoms with Gasteiger partial charge in [0.25, 0.3) is 5.91 Å². The van der Waals surface area contributed by atoms with E-state index in [1.165, 1.54) is 0 Å². The van der Waals surface area contributed by atoms with E-state index < -0.39 is 0 Å². The van der Waals surface area contributed by atoms with Crippen molar-refractivity contribution in [1.29, 1.82) is 0 Å². The van der Waals surface area contributed by atoms with Crippen LogP contribution in [0.5, 0.6) is 11.5 Å². The Morgan fingerprint density at radius 1 is 0.929 bits per heavy atom. The highest BCUT2D eigenvalue weighted by atomic mass is 35.5. The molecule has 1 aromatic heterocycles. The van der Waals surface area contributed by atoms with Crippen molar-refractivity contribution in [3.63, 3.8) is 0 Å². The van der Waals surface area contributed by atoms with Crippen molar-refractivity contribution < 1.29 is 14.3 Å². The van der Waals surface area contributed by atoms with E-state index in [0.29, 0.717) is 47.1 Å². The molecule has 4 aromatic rings. The van der Waals surface area contributed by atoms with Gasteiger partial charge in [-0.1, -0.05) is 59.6 Å². The van der Waals surface area contributed by atoms with Crippen molar-refractivity contribution in [1.82, 2.24) is 19.8 Å². The average Bonchev–Trinajstić information content (AvgIpc) is 3.38. The Hall–Kier alpha value is -3.72. The van der Waals surface area contributed by atoms with Crippen molar-refractivity contribution in [3.05, 3.63) is 88.2 Å². The first-order valence-electron chi connectivity index (χ1n) is 14.2. The van der Waals surface area contributed by atoms with Gasteiger partial charge in [-0.05, 0) is 44.2 Å². The predicted molar refractivity (Wildman–Crippen MR) is 167 cm³/mol. The Labute approximate surface area is 255 Å². The number of carbonyl (C=O) groups is 1. The molecule has 2 aliphatic heterocycles. The summed E-state index contributed by atoms with van der Waals surface area (Å²) in [6, 6.07) is 21.5. The van der Waals surface area contributed by atoms with Gasteiger partial charge in [0.05, 0.1) is 27.1 Å². The summed E-state index contributed by atoms with van der Waals surface area (Å²) in [6.07, 6.45) is 0.844. The summed E-state index contributed by atoms with van der Waals surface area (Å²) in [5.74, 6) is 1.93. The van der Waals surface area contributed by atoms with Crippen LogP contribution in [0.2, 0.25) is 10.0 Å². The molecule has 10 heteroatoms. The topological polar surface area (TPSA) is 71.9 Å². The molecule has 3 heterocycles. The zero-order chi connectivity index (χ0) is 29.1. The summed E-state index contributed by atoms with van der Waals surface area (Å²) in [6.45, 7) is 8.04. The maximum atomic E-state index is 13.4. The summed E-state index contributed by atoms with van der Waals surface area (Å²) in [4.78, 5) is 22.9. The number of fused-ring (bicyclic) bond motifs is 1. The number of halogens is 2. The van der Waals surface area contributed by atoms with E-state index in [2.05, 4.69) is 15.1 Å². The van der Waals surface area contributed by atoms with Crippen LogP contribution >= 0.6 is 23.2 Å². The molecule has 0 aliphatic carbocycles. The van der Waals surface area contributed by atoms with E-state index in [1.807, 2.05) is 78.2 Å². The molecule has 0 unspecified atom stereocenters. The average molecular weight is 607 g/mol. The molecule has 6 rings (SSSR count). The minimum atomic E-state index is -0.179. The standard InChI is InChI=1S/C32H33Cl2N5O3/c1-22-30(32(40)35-13-6-14-37-15-17-38(18-16-37)26-10-5-9-25(33)29(26)34)36-31(23-7-3-2-4-8-23)39(22)24-11-12-27-28(21-24)42-20-19-41-27/h2-5,7-12,21H,6,13-20H2,1H3,(H,35,40). The van der Waals surface area contributed by atoms with Crippen LogP contribution < -0.4 is 19.7 Å². The number of hydrogen-bond acceptors (Lipinski definition) is 6. The molecule has 0 spiro atoms. The molecule has 1 N–H and O–H groups in total. The number of imidazole rings is 1. The Morgan fingerprint density at radius 3 is 2.48 bits per heavy atom. The number of aromatic nitrogens is 2. The SMILES string of the molecule is Cc1c(C(=O)NCCCN2CCN(c3cccc(Cl)c3Cl)CC2)nc(-c2ccccc2)n1-c1ccc2c(c1)OCCO2. The quantitative estimate of drug-likeness (QED) is 0.253. The number of hydrogen-bond donors (Lipinski definition) is 1. The van der Waals surface area contributed by atoms with E-state index in [4.69, 9.17) is 37.7 Å². The molecule has 0 radical (unpaired) electrons. The third-order valence-corrected chi connectivity index (χ3v) is 8.53. The number of piperazine rings is 1. The molecule has 1 saturated heterocycles. The lowest BCUT2D eigenvalue weighted by Crippen LogP contribution is -2.47. The monoisotopic (exact) mass is 605 g/mol. The van der Waals surface area contributed by atoms with Gasteiger partial charge in [-0.25, -0.2) is 4.98 Å². The number of nitrogens with one attached hydrogen (secondary N) is 1. The van der Waals surface area contributed by atoms with Crippen LogP contribution in [0.1, 0.15) is 22.6 Å². The van der Waals surface area contributed by atoms with Crippen molar-refractivity contribution in [3.8, 4) is 28.6 Å². The Bertz CT molecular complexity index is 1570. The molecule has 1 amide bonds. The first kappa shape index (κ1) is 28.4. The van der Waals surface area contributed by atoms with Crippen LogP contribution in [-0.4, -0.2) is 72.8 Å². The lowest BCUT2D eigenvalue weighted by atomic mass is 10.2. The summed E-state index contributed by atoms with van der Waals surface area (Å²) in [5, 5.41) is 4.28. The van der Waals surface area contributed by atoms with Gasteiger partial charge < -0.3 is 19.7 Å². The van der Waals surface area contributed by atoms with E-state index in [9.17, 15) is 4.79 Å². The number of benzene rings is 3. The zero-order valence-corrected chi connectivity index (χ0v) is 25.0. The van der Waals surface area contributed by atoms with Gasteiger partial charge in [0.2, 0.25) is 0 Å². The van der Waals surface area contributed by atoms with Gasteiger partial charge >= 0.3 is 0 Å². The number of rotatable bonds is 8. The fourth-order valence-corrected chi connectivity index (χ4v) is 5.94. The van der Waals surface area contributed by atoms with Crippen molar-refractivity contribution in [2.24, 2.45) is 0 Å². The van der Waals surface area contributed by atoms with Gasteiger partial charge in [-0.2, -0.15) is 0 Å². The van der Waals surface area contributed by atoms with Crippen LogP contribution in [0.3, 0.4) is 0 Å². The second kappa shape index (κ2) is 12.7. The maximum absolute atomic E-state index is 13.4. The lowest BCUT2D eigenvalue weighted by Gasteiger charge is -2.36. The fourth-order valence-electron chi connectivity index (χ4n) is 5.52. The molecule has 0 atom stereocenters. The third-order valence-electron chi connectivity index (χ3n) is 7.72. The first-order chi connectivity index (χ1) is 20.5. The first-order valence-corrected chi connectivity index (χ1v) is 15.0. The van der Waals surface area contributed by atoms with E-state index in [1.54, 1.807) is 0 Å².